The van der Waals surface area contributed by atoms with Crippen molar-refractivity contribution in [1.29, 1.82) is 0 Å². The molecule has 0 bridgehead atoms. The summed E-state index contributed by atoms with van der Waals surface area (Å²) in [4.78, 5) is 19.3. The molecule has 0 spiro atoms. The van der Waals surface area contributed by atoms with Crippen molar-refractivity contribution < 1.29 is 9.53 Å². The molecule has 2 heterocycles. The van der Waals surface area contributed by atoms with Gasteiger partial charge < -0.3 is 9.64 Å². The van der Waals surface area contributed by atoms with E-state index in [1.54, 1.807) is 6.20 Å². The molecule has 1 atom stereocenters. The van der Waals surface area contributed by atoms with Crippen molar-refractivity contribution in [2.75, 3.05) is 13.2 Å². The van der Waals surface area contributed by atoms with Gasteiger partial charge in [0.05, 0.1) is 11.7 Å². The molecule has 0 radical (unpaired) electrons. The van der Waals surface area contributed by atoms with Crippen LogP contribution < -0.4 is 4.74 Å². The third-order valence-electron chi connectivity index (χ3n) is 5.97. The number of benzene rings is 1. The average Bonchev–Trinajstić information content (AvgIpc) is 3.24. The maximum atomic E-state index is 12.9. The molecule has 0 unspecified atom stereocenters. The van der Waals surface area contributed by atoms with Crippen LogP contribution in [0.15, 0.2) is 42.6 Å². The number of hydrogen-bond donors (Lipinski definition) is 0. The number of carbonyl (C=O) groups excluding carboxylic acids is 1. The Morgan fingerprint density at radius 1 is 1.11 bits per heavy atom. The second kappa shape index (κ2) is 8.95. The van der Waals surface area contributed by atoms with Gasteiger partial charge in [0, 0.05) is 17.8 Å². The minimum absolute atomic E-state index is 0.0256. The number of ether oxygens (including phenoxy) is 1. The molecule has 2 fully saturated rings. The highest BCUT2D eigenvalue weighted by atomic mass is 35.5. The van der Waals surface area contributed by atoms with Gasteiger partial charge in [-0.05, 0) is 67.5 Å². The highest BCUT2D eigenvalue weighted by molar-refractivity contribution is 6.30. The number of halogens is 1. The van der Waals surface area contributed by atoms with Crippen LogP contribution >= 0.6 is 11.6 Å². The van der Waals surface area contributed by atoms with Gasteiger partial charge in [-0.25, -0.2) is 0 Å². The maximum Gasteiger partial charge on any atom is 0.261 e. The van der Waals surface area contributed by atoms with Crippen LogP contribution in [0.25, 0.3) is 0 Å². The van der Waals surface area contributed by atoms with E-state index in [1.165, 1.54) is 32.1 Å². The summed E-state index contributed by atoms with van der Waals surface area (Å²) in [7, 11) is 0. The summed E-state index contributed by atoms with van der Waals surface area (Å²) in [6, 6.07) is 11.7. The van der Waals surface area contributed by atoms with E-state index in [-0.39, 0.29) is 18.6 Å². The van der Waals surface area contributed by atoms with Gasteiger partial charge in [-0.15, -0.1) is 0 Å². The number of amides is 1. The highest BCUT2D eigenvalue weighted by Crippen LogP contribution is 2.39. The van der Waals surface area contributed by atoms with E-state index >= 15 is 0 Å². The SMILES string of the molecule is O=C(COc1ccc(Cl)cc1C1CCCCC1)N1CCC[C@@H]1c1ccccn1. The van der Waals surface area contributed by atoms with Crippen LogP contribution in [0, 0.1) is 0 Å². The molecule has 2 aliphatic rings. The van der Waals surface area contributed by atoms with Crippen molar-refractivity contribution in [3.8, 4) is 5.75 Å². The summed E-state index contributed by atoms with van der Waals surface area (Å²) in [6.07, 6.45) is 9.87. The van der Waals surface area contributed by atoms with Gasteiger partial charge in [0.25, 0.3) is 5.91 Å². The lowest BCUT2D eigenvalue weighted by molar-refractivity contribution is -0.134. The molecule has 1 aromatic heterocycles. The molecular weight excluding hydrogens is 372 g/mol. The van der Waals surface area contributed by atoms with E-state index in [0.717, 1.165) is 41.4 Å². The zero-order valence-electron chi connectivity index (χ0n) is 16.1. The molecule has 148 valence electrons. The quantitative estimate of drug-likeness (QED) is 0.665. The van der Waals surface area contributed by atoms with Crippen LogP contribution in [0.5, 0.6) is 5.75 Å². The molecule has 1 amide bonds. The summed E-state index contributed by atoms with van der Waals surface area (Å²) in [5, 5.41) is 0.731. The van der Waals surface area contributed by atoms with E-state index < -0.39 is 0 Å². The Morgan fingerprint density at radius 3 is 2.75 bits per heavy atom. The second-order valence-electron chi connectivity index (χ2n) is 7.81. The molecular formula is C23H27ClN2O2. The Hall–Kier alpha value is -2.07. The molecule has 1 saturated heterocycles. The number of nitrogens with zero attached hydrogens (tertiary/aromatic N) is 2. The molecule has 4 rings (SSSR count). The van der Waals surface area contributed by atoms with Gasteiger partial charge in [0.1, 0.15) is 5.75 Å². The number of pyridine rings is 1. The predicted molar refractivity (Wildman–Crippen MR) is 111 cm³/mol. The van der Waals surface area contributed by atoms with Crippen LogP contribution in [0.2, 0.25) is 5.02 Å². The summed E-state index contributed by atoms with van der Waals surface area (Å²) < 4.78 is 6.03. The zero-order chi connectivity index (χ0) is 19.3. The lowest BCUT2D eigenvalue weighted by Gasteiger charge is -2.26. The van der Waals surface area contributed by atoms with E-state index in [9.17, 15) is 4.79 Å². The van der Waals surface area contributed by atoms with E-state index in [0.29, 0.717) is 5.92 Å². The first-order valence-corrected chi connectivity index (χ1v) is 10.7. The first kappa shape index (κ1) is 19.3. The van der Waals surface area contributed by atoms with Crippen molar-refractivity contribution in [3.05, 3.63) is 58.9 Å². The predicted octanol–water partition coefficient (Wildman–Crippen LogP) is 5.53. The number of hydrogen-bond acceptors (Lipinski definition) is 3. The number of carbonyl (C=O) groups is 1. The lowest BCUT2D eigenvalue weighted by Crippen LogP contribution is -2.34. The fourth-order valence-electron chi connectivity index (χ4n) is 4.55. The monoisotopic (exact) mass is 398 g/mol. The molecule has 28 heavy (non-hydrogen) atoms. The highest BCUT2D eigenvalue weighted by Gasteiger charge is 2.31. The van der Waals surface area contributed by atoms with Crippen LogP contribution in [0.4, 0.5) is 0 Å². The fraction of sp³-hybridized carbons (Fsp3) is 0.478. The number of likely N-dealkylation sites (tertiary alicyclic amines) is 1. The summed E-state index contributed by atoms with van der Waals surface area (Å²) >= 11 is 6.25. The van der Waals surface area contributed by atoms with Crippen molar-refractivity contribution in [2.45, 2.75) is 56.9 Å². The maximum absolute atomic E-state index is 12.9. The van der Waals surface area contributed by atoms with Crippen molar-refractivity contribution in [3.63, 3.8) is 0 Å². The normalized spacial score (nSPS) is 20.3. The fourth-order valence-corrected chi connectivity index (χ4v) is 4.73. The van der Waals surface area contributed by atoms with Gasteiger partial charge in [-0.1, -0.05) is 36.9 Å². The molecule has 1 saturated carbocycles. The Bertz CT molecular complexity index is 806. The van der Waals surface area contributed by atoms with Crippen molar-refractivity contribution in [1.82, 2.24) is 9.88 Å². The van der Waals surface area contributed by atoms with Crippen molar-refractivity contribution >= 4 is 17.5 Å². The standard InChI is InChI=1S/C23H27ClN2O2/c24-18-11-12-22(19(15-18)17-7-2-1-3-8-17)28-16-23(27)26-14-6-10-21(26)20-9-4-5-13-25-20/h4-5,9,11-13,15,17,21H,1-3,6-8,10,14,16H2/t21-/m1/s1. The van der Waals surface area contributed by atoms with Gasteiger partial charge in [-0.3, -0.25) is 9.78 Å². The first-order chi connectivity index (χ1) is 13.7. The Balaban J connectivity index is 1.45. The average molecular weight is 399 g/mol. The Kier molecular flexibility index (Phi) is 6.16. The number of rotatable bonds is 5. The summed E-state index contributed by atoms with van der Waals surface area (Å²) in [5.41, 5.74) is 2.12. The summed E-state index contributed by atoms with van der Waals surface area (Å²) in [5.74, 6) is 1.31. The molecule has 1 aliphatic carbocycles. The van der Waals surface area contributed by atoms with E-state index in [1.807, 2.05) is 41.3 Å². The minimum atomic E-state index is 0.0256. The third kappa shape index (κ3) is 4.33. The molecule has 4 nitrogen and oxygen atoms in total. The van der Waals surface area contributed by atoms with Gasteiger partial charge >= 0.3 is 0 Å². The van der Waals surface area contributed by atoms with Crippen molar-refractivity contribution in [2.24, 2.45) is 0 Å². The Morgan fingerprint density at radius 2 is 1.96 bits per heavy atom. The van der Waals surface area contributed by atoms with Gasteiger partial charge in [0.2, 0.25) is 0 Å². The molecule has 0 N–H and O–H groups in total. The Labute approximate surface area is 171 Å². The first-order valence-electron chi connectivity index (χ1n) is 10.3. The van der Waals surface area contributed by atoms with Crippen LogP contribution in [-0.4, -0.2) is 28.9 Å². The van der Waals surface area contributed by atoms with Gasteiger partial charge in [-0.2, -0.15) is 0 Å². The zero-order valence-corrected chi connectivity index (χ0v) is 16.9. The summed E-state index contributed by atoms with van der Waals surface area (Å²) in [6.45, 7) is 0.824. The third-order valence-corrected chi connectivity index (χ3v) is 6.21. The van der Waals surface area contributed by atoms with Crippen LogP contribution in [0.1, 0.15) is 68.2 Å². The van der Waals surface area contributed by atoms with E-state index in [4.69, 9.17) is 16.3 Å². The molecule has 1 aliphatic heterocycles. The smallest absolute Gasteiger partial charge is 0.261 e. The second-order valence-corrected chi connectivity index (χ2v) is 8.24. The van der Waals surface area contributed by atoms with Crippen LogP contribution in [-0.2, 0) is 4.79 Å². The molecule has 5 heteroatoms. The minimum Gasteiger partial charge on any atom is -0.483 e. The number of aromatic nitrogens is 1. The van der Waals surface area contributed by atoms with Gasteiger partial charge in [0.15, 0.2) is 6.61 Å². The topological polar surface area (TPSA) is 42.4 Å². The van der Waals surface area contributed by atoms with Crippen LogP contribution in [0.3, 0.4) is 0 Å². The van der Waals surface area contributed by atoms with E-state index in [2.05, 4.69) is 4.98 Å². The molecule has 2 aromatic rings. The lowest BCUT2D eigenvalue weighted by atomic mass is 9.84. The largest absolute Gasteiger partial charge is 0.483 e. The molecule has 1 aromatic carbocycles.